The SMILES string of the molecule is COc1cccc(N2CCCC(F)(CN)C2)c1. The fourth-order valence-corrected chi connectivity index (χ4v) is 2.28. The summed E-state index contributed by atoms with van der Waals surface area (Å²) in [7, 11) is 1.63. The van der Waals surface area contributed by atoms with Gasteiger partial charge in [-0.05, 0) is 25.0 Å². The lowest BCUT2D eigenvalue weighted by Crippen LogP contribution is -2.49. The van der Waals surface area contributed by atoms with E-state index >= 15 is 0 Å². The minimum atomic E-state index is -1.25. The number of hydrogen-bond donors (Lipinski definition) is 1. The third kappa shape index (κ3) is 2.69. The number of rotatable bonds is 3. The first-order valence-corrected chi connectivity index (χ1v) is 5.95. The Morgan fingerprint density at radius 2 is 2.35 bits per heavy atom. The molecule has 0 radical (unpaired) electrons. The van der Waals surface area contributed by atoms with Gasteiger partial charge in [-0.15, -0.1) is 0 Å². The monoisotopic (exact) mass is 238 g/mol. The molecule has 0 spiro atoms. The maximum Gasteiger partial charge on any atom is 0.140 e. The van der Waals surface area contributed by atoms with Crippen LogP contribution >= 0.6 is 0 Å². The Hall–Kier alpha value is -1.29. The van der Waals surface area contributed by atoms with Crippen LogP contribution in [0.2, 0.25) is 0 Å². The zero-order valence-corrected chi connectivity index (χ0v) is 10.2. The summed E-state index contributed by atoms with van der Waals surface area (Å²) in [6, 6.07) is 7.72. The molecule has 3 nitrogen and oxygen atoms in total. The topological polar surface area (TPSA) is 38.5 Å². The fourth-order valence-electron chi connectivity index (χ4n) is 2.28. The first-order valence-electron chi connectivity index (χ1n) is 5.95. The zero-order valence-electron chi connectivity index (χ0n) is 10.2. The molecule has 0 aromatic heterocycles. The average Bonchev–Trinajstić information content (AvgIpc) is 2.39. The summed E-state index contributed by atoms with van der Waals surface area (Å²) in [5.41, 5.74) is 5.26. The van der Waals surface area contributed by atoms with E-state index in [9.17, 15) is 4.39 Å². The van der Waals surface area contributed by atoms with Crippen LogP contribution in [-0.2, 0) is 0 Å². The first-order chi connectivity index (χ1) is 8.17. The van der Waals surface area contributed by atoms with E-state index in [0.29, 0.717) is 13.0 Å². The van der Waals surface area contributed by atoms with Gasteiger partial charge >= 0.3 is 0 Å². The summed E-state index contributed by atoms with van der Waals surface area (Å²) in [6.07, 6.45) is 1.40. The largest absolute Gasteiger partial charge is 0.497 e. The minimum absolute atomic E-state index is 0.0907. The highest BCUT2D eigenvalue weighted by atomic mass is 19.1. The van der Waals surface area contributed by atoms with Crippen LogP contribution in [0.1, 0.15) is 12.8 Å². The highest BCUT2D eigenvalue weighted by Crippen LogP contribution is 2.29. The van der Waals surface area contributed by atoms with Crippen LogP contribution < -0.4 is 15.4 Å². The quantitative estimate of drug-likeness (QED) is 0.875. The number of methoxy groups -OCH3 is 1. The van der Waals surface area contributed by atoms with E-state index in [2.05, 4.69) is 0 Å². The van der Waals surface area contributed by atoms with Crippen LogP contribution in [0.25, 0.3) is 0 Å². The molecule has 1 unspecified atom stereocenters. The van der Waals surface area contributed by atoms with Crippen molar-refractivity contribution >= 4 is 5.69 Å². The van der Waals surface area contributed by atoms with E-state index in [0.717, 1.165) is 24.4 Å². The molecule has 0 amide bonds. The lowest BCUT2D eigenvalue weighted by Gasteiger charge is -2.38. The molecule has 2 rings (SSSR count). The number of alkyl halides is 1. The average molecular weight is 238 g/mol. The number of halogens is 1. The van der Waals surface area contributed by atoms with Crippen LogP contribution in [0.5, 0.6) is 5.75 Å². The molecule has 1 fully saturated rings. The number of nitrogens with two attached hydrogens (primary N) is 1. The third-order valence-electron chi connectivity index (χ3n) is 3.31. The molecule has 1 atom stereocenters. The Morgan fingerprint density at radius 1 is 1.53 bits per heavy atom. The van der Waals surface area contributed by atoms with E-state index in [1.807, 2.05) is 29.2 Å². The van der Waals surface area contributed by atoms with Gasteiger partial charge in [0.2, 0.25) is 0 Å². The van der Waals surface area contributed by atoms with Crippen molar-refractivity contribution in [3.8, 4) is 5.75 Å². The highest BCUT2D eigenvalue weighted by molar-refractivity contribution is 5.51. The number of ether oxygens (including phenoxy) is 1. The number of benzene rings is 1. The second-order valence-corrected chi connectivity index (χ2v) is 4.58. The van der Waals surface area contributed by atoms with Crippen molar-refractivity contribution in [3.63, 3.8) is 0 Å². The van der Waals surface area contributed by atoms with Gasteiger partial charge in [-0.25, -0.2) is 4.39 Å². The normalized spacial score (nSPS) is 24.8. The van der Waals surface area contributed by atoms with Crippen LogP contribution in [0.4, 0.5) is 10.1 Å². The summed E-state index contributed by atoms with van der Waals surface area (Å²) < 4.78 is 19.4. The molecular weight excluding hydrogens is 219 g/mol. The highest BCUT2D eigenvalue weighted by Gasteiger charge is 2.34. The Kier molecular flexibility index (Phi) is 3.52. The number of nitrogens with zero attached hydrogens (tertiary/aromatic N) is 1. The molecule has 1 aromatic carbocycles. The van der Waals surface area contributed by atoms with Crippen molar-refractivity contribution in [1.82, 2.24) is 0 Å². The molecule has 0 aliphatic carbocycles. The second-order valence-electron chi connectivity index (χ2n) is 4.58. The van der Waals surface area contributed by atoms with Crippen molar-refractivity contribution in [2.45, 2.75) is 18.5 Å². The molecule has 1 aliphatic heterocycles. The molecule has 0 saturated carbocycles. The van der Waals surface area contributed by atoms with Gasteiger partial charge in [-0.2, -0.15) is 0 Å². The Labute approximate surface area is 101 Å². The second kappa shape index (κ2) is 4.92. The van der Waals surface area contributed by atoms with Crippen molar-refractivity contribution in [1.29, 1.82) is 0 Å². The van der Waals surface area contributed by atoms with Gasteiger partial charge in [0.25, 0.3) is 0 Å². The maximum atomic E-state index is 14.2. The third-order valence-corrected chi connectivity index (χ3v) is 3.31. The minimum Gasteiger partial charge on any atom is -0.497 e. The molecule has 17 heavy (non-hydrogen) atoms. The van der Waals surface area contributed by atoms with Crippen LogP contribution in [0, 0.1) is 0 Å². The number of hydrogen-bond acceptors (Lipinski definition) is 3. The van der Waals surface area contributed by atoms with Crippen molar-refractivity contribution in [2.24, 2.45) is 5.73 Å². The predicted molar refractivity (Wildman–Crippen MR) is 67.3 cm³/mol. The molecule has 0 bridgehead atoms. The molecular formula is C13H19FN2O. The summed E-state index contributed by atoms with van der Waals surface area (Å²) in [5.74, 6) is 0.797. The molecule has 1 heterocycles. The Bertz CT molecular complexity index is 385. The van der Waals surface area contributed by atoms with Crippen LogP contribution in [0.15, 0.2) is 24.3 Å². The van der Waals surface area contributed by atoms with E-state index in [4.69, 9.17) is 10.5 Å². The van der Waals surface area contributed by atoms with E-state index in [1.165, 1.54) is 0 Å². The zero-order chi connectivity index (χ0) is 12.3. The summed E-state index contributed by atoms with van der Waals surface area (Å²) in [4.78, 5) is 2.04. The summed E-state index contributed by atoms with van der Waals surface area (Å²) >= 11 is 0. The van der Waals surface area contributed by atoms with Gasteiger partial charge in [0, 0.05) is 24.8 Å². The standard InChI is InChI=1S/C13H19FN2O/c1-17-12-5-2-4-11(8-12)16-7-3-6-13(14,9-15)10-16/h2,4-5,8H,3,6-7,9-10,15H2,1H3. The smallest absolute Gasteiger partial charge is 0.140 e. The van der Waals surface area contributed by atoms with Gasteiger partial charge in [-0.3, -0.25) is 0 Å². The predicted octanol–water partition coefficient (Wildman–Crippen LogP) is 1.96. The van der Waals surface area contributed by atoms with Gasteiger partial charge in [0.15, 0.2) is 0 Å². The summed E-state index contributed by atoms with van der Waals surface area (Å²) in [6.45, 7) is 1.34. The van der Waals surface area contributed by atoms with E-state index in [1.54, 1.807) is 7.11 Å². The van der Waals surface area contributed by atoms with Crippen LogP contribution in [-0.4, -0.2) is 32.4 Å². The summed E-state index contributed by atoms with van der Waals surface area (Å²) in [5, 5.41) is 0. The Morgan fingerprint density at radius 3 is 3.06 bits per heavy atom. The number of piperidine rings is 1. The van der Waals surface area contributed by atoms with Gasteiger partial charge < -0.3 is 15.4 Å². The fraction of sp³-hybridized carbons (Fsp3) is 0.538. The van der Waals surface area contributed by atoms with E-state index < -0.39 is 5.67 Å². The van der Waals surface area contributed by atoms with Crippen molar-refractivity contribution in [3.05, 3.63) is 24.3 Å². The molecule has 2 N–H and O–H groups in total. The maximum absolute atomic E-state index is 14.2. The van der Waals surface area contributed by atoms with Gasteiger partial charge in [0.05, 0.1) is 13.7 Å². The van der Waals surface area contributed by atoms with Crippen molar-refractivity contribution < 1.29 is 9.13 Å². The van der Waals surface area contributed by atoms with Crippen LogP contribution in [0.3, 0.4) is 0 Å². The van der Waals surface area contributed by atoms with E-state index in [-0.39, 0.29) is 6.54 Å². The van der Waals surface area contributed by atoms with Crippen molar-refractivity contribution in [2.75, 3.05) is 31.6 Å². The van der Waals surface area contributed by atoms with Gasteiger partial charge in [0.1, 0.15) is 11.4 Å². The lowest BCUT2D eigenvalue weighted by molar-refractivity contribution is 0.146. The molecule has 1 aromatic rings. The van der Waals surface area contributed by atoms with Gasteiger partial charge in [-0.1, -0.05) is 6.07 Å². The number of anilines is 1. The lowest BCUT2D eigenvalue weighted by atomic mass is 9.94. The molecule has 4 heteroatoms. The molecule has 1 aliphatic rings. The molecule has 1 saturated heterocycles. The molecule has 94 valence electrons. The first kappa shape index (κ1) is 12.2. The Balaban J connectivity index is 2.16.